The molecule has 1 aliphatic rings. The first-order valence-corrected chi connectivity index (χ1v) is 9.42. The molecular weight excluding hydrogens is 397 g/mol. The van der Waals surface area contributed by atoms with Gasteiger partial charge in [0.2, 0.25) is 11.1 Å². The van der Waals surface area contributed by atoms with E-state index < -0.39 is 29.5 Å². The third-order valence-electron chi connectivity index (χ3n) is 4.03. The summed E-state index contributed by atoms with van der Waals surface area (Å²) >= 11 is 1.18. The fraction of sp³-hybridized carbons (Fsp3) is 0.353. The van der Waals surface area contributed by atoms with Gasteiger partial charge in [0, 0.05) is 0 Å². The van der Waals surface area contributed by atoms with E-state index in [0.717, 1.165) is 0 Å². The number of alkyl halides is 3. The lowest BCUT2D eigenvalue weighted by Crippen LogP contribution is -2.35. The topological polar surface area (TPSA) is 78.3 Å². The number of aromatic nitrogens is 3. The van der Waals surface area contributed by atoms with Crippen molar-refractivity contribution in [1.82, 2.24) is 14.8 Å². The predicted octanol–water partition coefficient (Wildman–Crippen LogP) is 3.40. The molecule has 1 aromatic carbocycles. The van der Waals surface area contributed by atoms with Crippen molar-refractivity contribution in [3.63, 3.8) is 0 Å². The van der Waals surface area contributed by atoms with Gasteiger partial charge in [-0.25, -0.2) is 9.48 Å². The summed E-state index contributed by atoms with van der Waals surface area (Å²) in [5.74, 6) is -0.653. The van der Waals surface area contributed by atoms with Gasteiger partial charge in [0.05, 0.1) is 19.3 Å². The maximum Gasteiger partial charge on any atom is 0.431 e. The van der Waals surface area contributed by atoms with Crippen LogP contribution in [-0.4, -0.2) is 46.9 Å². The SMILES string of the molecule is CCOC(=O)C1=C(C(F)(F)F)Nc2nc(SC)nn2C1c1ccc(OC)cc1. The standard InChI is InChI=1S/C17H17F3N4O3S/c1-4-27-14(25)11-12(9-5-7-10(26-2)8-6-9)24-15(22-16(23-24)28-3)21-13(11)17(18,19)20/h5-8,12H,4H2,1-3H3,(H,21,22,23). The van der Waals surface area contributed by atoms with E-state index in [1.165, 1.54) is 30.5 Å². The van der Waals surface area contributed by atoms with Crippen molar-refractivity contribution >= 4 is 23.7 Å². The highest BCUT2D eigenvalue weighted by Crippen LogP contribution is 2.42. The zero-order valence-electron chi connectivity index (χ0n) is 15.2. The minimum Gasteiger partial charge on any atom is -0.497 e. The second kappa shape index (κ2) is 7.74. The van der Waals surface area contributed by atoms with Gasteiger partial charge in [-0.05, 0) is 30.9 Å². The lowest BCUT2D eigenvalue weighted by atomic mass is 9.95. The molecule has 7 nitrogen and oxygen atoms in total. The van der Waals surface area contributed by atoms with Gasteiger partial charge >= 0.3 is 12.1 Å². The number of ether oxygens (including phenoxy) is 2. The number of rotatable bonds is 5. The molecule has 0 saturated heterocycles. The smallest absolute Gasteiger partial charge is 0.431 e. The van der Waals surface area contributed by atoms with Gasteiger partial charge in [-0.3, -0.25) is 0 Å². The maximum absolute atomic E-state index is 13.8. The lowest BCUT2D eigenvalue weighted by molar-refractivity contribution is -0.140. The third-order valence-corrected chi connectivity index (χ3v) is 4.57. The van der Waals surface area contributed by atoms with Crippen LogP contribution in [0.25, 0.3) is 0 Å². The molecule has 0 fully saturated rings. The highest BCUT2D eigenvalue weighted by molar-refractivity contribution is 7.98. The van der Waals surface area contributed by atoms with Gasteiger partial charge in [-0.1, -0.05) is 23.9 Å². The number of hydrogen-bond acceptors (Lipinski definition) is 7. The Hall–Kier alpha value is -2.69. The van der Waals surface area contributed by atoms with E-state index in [9.17, 15) is 18.0 Å². The largest absolute Gasteiger partial charge is 0.497 e. The Morgan fingerprint density at radius 1 is 1.32 bits per heavy atom. The van der Waals surface area contributed by atoms with E-state index in [-0.39, 0.29) is 17.7 Å². The average molecular weight is 414 g/mol. The Labute approximate surface area is 162 Å². The molecule has 11 heteroatoms. The Morgan fingerprint density at radius 2 is 2.00 bits per heavy atom. The molecule has 0 radical (unpaired) electrons. The summed E-state index contributed by atoms with van der Waals surface area (Å²) in [5, 5.41) is 6.72. The van der Waals surface area contributed by atoms with Gasteiger partial charge in [0.1, 0.15) is 17.5 Å². The van der Waals surface area contributed by atoms with Crippen LogP contribution < -0.4 is 10.1 Å². The minimum atomic E-state index is -4.82. The molecule has 0 saturated carbocycles. The number of nitrogens with one attached hydrogen (secondary N) is 1. The Kier molecular flexibility index (Phi) is 5.54. The minimum absolute atomic E-state index is 0.0664. The second-order valence-corrected chi connectivity index (χ2v) is 6.45. The van der Waals surface area contributed by atoms with Crippen LogP contribution in [0.4, 0.5) is 19.1 Å². The van der Waals surface area contributed by atoms with Crippen molar-refractivity contribution in [2.45, 2.75) is 24.3 Å². The van der Waals surface area contributed by atoms with Crippen molar-refractivity contribution in [1.29, 1.82) is 0 Å². The van der Waals surface area contributed by atoms with Crippen LogP contribution >= 0.6 is 11.8 Å². The monoisotopic (exact) mass is 414 g/mol. The first-order valence-electron chi connectivity index (χ1n) is 8.20. The number of carbonyl (C=O) groups is 1. The van der Waals surface area contributed by atoms with Crippen LogP contribution in [0.3, 0.4) is 0 Å². The number of carbonyl (C=O) groups excluding carboxylic acids is 1. The molecule has 0 bridgehead atoms. The molecule has 1 aliphatic heterocycles. The Bertz CT molecular complexity index is 909. The Morgan fingerprint density at radius 3 is 2.54 bits per heavy atom. The van der Waals surface area contributed by atoms with E-state index in [0.29, 0.717) is 11.3 Å². The van der Waals surface area contributed by atoms with E-state index in [4.69, 9.17) is 9.47 Å². The number of methoxy groups -OCH3 is 1. The van der Waals surface area contributed by atoms with Gasteiger partial charge in [0.25, 0.3) is 0 Å². The van der Waals surface area contributed by atoms with Crippen molar-refractivity contribution in [2.24, 2.45) is 0 Å². The highest BCUT2D eigenvalue weighted by Gasteiger charge is 2.46. The number of nitrogens with zero attached hydrogens (tertiary/aromatic N) is 3. The normalized spacial score (nSPS) is 16.4. The van der Waals surface area contributed by atoms with Gasteiger partial charge in [0.15, 0.2) is 0 Å². The highest BCUT2D eigenvalue weighted by atomic mass is 32.2. The summed E-state index contributed by atoms with van der Waals surface area (Å²) in [6, 6.07) is 5.18. The third kappa shape index (κ3) is 3.66. The van der Waals surface area contributed by atoms with E-state index in [1.54, 1.807) is 30.5 Å². The van der Waals surface area contributed by atoms with Crippen LogP contribution in [0.15, 0.2) is 40.7 Å². The molecule has 28 heavy (non-hydrogen) atoms. The number of esters is 1. The summed E-state index contributed by atoms with van der Waals surface area (Å²) in [6.45, 7) is 1.46. The molecule has 2 aromatic rings. The number of hydrogen-bond donors (Lipinski definition) is 1. The van der Waals surface area contributed by atoms with E-state index >= 15 is 0 Å². The Balaban J connectivity index is 2.24. The molecule has 150 valence electrons. The molecule has 0 spiro atoms. The van der Waals surface area contributed by atoms with Gasteiger partial charge in [-0.2, -0.15) is 18.2 Å². The van der Waals surface area contributed by atoms with Crippen LogP contribution in [0.2, 0.25) is 0 Å². The summed E-state index contributed by atoms with van der Waals surface area (Å²) in [4.78, 5) is 16.6. The molecule has 1 unspecified atom stereocenters. The molecular formula is C17H17F3N4O3S. The van der Waals surface area contributed by atoms with Crippen LogP contribution in [-0.2, 0) is 9.53 Å². The molecule has 1 atom stereocenters. The van der Waals surface area contributed by atoms with Crippen LogP contribution in [0, 0.1) is 0 Å². The maximum atomic E-state index is 13.8. The molecule has 2 heterocycles. The number of anilines is 1. The predicted molar refractivity (Wildman–Crippen MR) is 96.3 cm³/mol. The van der Waals surface area contributed by atoms with Crippen molar-refractivity contribution in [2.75, 3.05) is 25.3 Å². The first kappa shape index (κ1) is 20.1. The number of benzene rings is 1. The first-order chi connectivity index (χ1) is 13.3. The second-order valence-electron chi connectivity index (χ2n) is 5.67. The summed E-state index contributed by atoms with van der Waals surface area (Å²) in [7, 11) is 1.48. The van der Waals surface area contributed by atoms with Gasteiger partial charge in [-0.15, -0.1) is 5.10 Å². The molecule has 0 aliphatic carbocycles. The fourth-order valence-electron chi connectivity index (χ4n) is 2.83. The summed E-state index contributed by atoms with van der Waals surface area (Å²) < 4.78 is 52.6. The summed E-state index contributed by atoms with van der Waals surface area (Å²) in [5.41, 5.74) is -1.38. The van der Waals surface area contributed by atoms with Crippen molar-refractivity contribution in [3.05, 3.63) is 41.1 Å². The fourth-order valence-corrected chi connectivity index (χ4v) is 3.18. The van der Waals surface area contributed by atoms with Crippen LogP contribution in [0.1, 0.15) is 18.5 Å². The van der Waals surface area contributed by atoms with Crippen molar-refractivity contribution < 1.29 is 27.4 Å². The molecule has 1 aromatic heterocycles. The molecule has 3 rings (SSSR count). The number of fused-ring (bicyclic) bond motifs is 1. The number of allylic oxidation sites excluding steroid dienone is 1. The number of thioether (sulfide) groups is 1. The van der Waals surface area contributed by atoms with Crippen LogP contribution in [0.5, 0.6) is 5.75 Å². The van der Waals surface area contributed by atoms with Gasteiger partial charge < -0.3 is 14.8 Å². The quantitative estimate of drug-likeness (QED) is 0.593. The zero-order valence-corrected chi connectivity index (χ0v) is 16.0. The van der Waals surface area contributed by atoms with E-state index in [1.807, 2.05) is 0 Å². The van der Waals surface area contributed by atoms with E-state index in [2.05, 4.69) is 15.4 Å². The molecule has 0 amide bonds. The molecule has 1 N–H and O–H groups in total. The average Bonchev–Trinajstić information content (AvgIpc) is 3.09. The summed E-state index contributed by atoms with van der Waals surface area (Å²) in [6.07, 6.45) is -3.11. The number of halogens is 3. The lowest BCUT2D eigenvalue weighted by Gasteiger charge is -2.30. The van der Waals surface area contributed by atoms with Crippen molar-refractivity contribution in [3.8, 4) is 5.75 Å². The zero-order chi connectivity index (χ0) is 20.5.